The minimum atomic E-state index is -0.576. The van der Waals surface area contributed by atoms with Crippen molar-refractivity contribution in [2.24, 2.45) is 5.41 Å². The van der Waals surface area contributed by atoms with Gasteiger partial charge in [-0.25, -0.2) is 4.79 Å². The number of hydrogen-bond donors (Lipinski definition) is 1. The van der Waals surface area contributed by atoms with E-state index in [9.17, 15) is 9.59 Å². The first kappa shape index (κ1) is 21.4. The third kappa shape index (κ3) is 7.38. The number of ether oxygens (including phenoxy) is 2. The Labute approximate surface area is 154 Å². The number of rotatable bonds is 7. The average molecular weight is 368 g/mol. The van der Waals surface area contributed by atoms with Crippen molar-refractivity contribution < 1.29 is 19.1 Å². The summed E-state index contributed by atoms with van der Waals surface area (Å²) in [6.07, 6.45) is 2.75. The van der Waals surface area contributed by atoms with Crippen molar-refractivity contribution in [1.82, 2.24) is 5.32 Å². The van der Waals surface area contributed by atoms with Crippen LogP contribution in [-0.4, -0.2) is 37.4 Å². The third-order valence-corrected chi connectivity index (χ3v) is 4.14. The Morgan fingerprint density at radius 3 is 2.32 bits per heavy atom. The molecule has 0 aliphatic rings. The molecule has 0 aromatic heterocycles. The summed E-state index contributed by atoms with van der Waals surface area (Å²) >= 11 is 1.55. The number of benzene rings is 1. The van der Waals surface area contributed by atoms with E-state index in [1.807, 2.05) is 26.2 Å². The first-order valence-electron chi connectivity index (χ1n) is 8.17. The number of amides is 1. The number of hydrogen-bond acceptors (Lipinski definition) is 5. The predicted molar refractivity (Wildman–Crippen MR) is 101 cm³/mol. The van der Waals surface area contributed by atoms with Gasteiger partial charge >= 0.3 is 5.97 Å². The molecule has 1 N–H and O–H groups in total. The zero-order valence-corrected chi connectivity index (χ0v) is 17.0. The third-order valence-electron chi connectivity index (χ3n) is 3.41. The minimum absolute atomic E-state index is 0.0832. The maximum absolute atomic E-state index is 12.2. The fourth-order valence-corrected chi connectivity index (χ4v) is 3.39. The summed E-state index contributed by atoms with van der Waals surface area (Å²) < 4.78 is 10.4. The Morgan fingerprint density at radius 1 is 1.16 bits per heavy atom. The highest BCUT2D eigenvalue weighted by Crippen LogP contribution is 2.27. The molecule has 0 fully saturated rings. The number of thioether (sulfide) groups is 1. The normalized spacial score (nSPS) is 11.8. The molecule has 0 bridgehead atoms. The van der Waals surface area contributed by atoms with Crippen molar-refractivity contribution in [2.45, 2.75) is 51.5 Å². The van der Waals surface area contributed by atoms with Crippen molar-refractivity contribution in [3.8, 4) is 5.75 Å². The summed E-state index contributed by atoms with van der Waals surface area (Å²) in [6.45, 7) is 9.95. The van der Waals surface area contributed by atoms with E-state index in [4.69, 9.17) is 9.47 Å². The van der Waals surface area contributed by atoms with Gasteiger partial charge in [-0.15, -0.1) is 11.8 Å². The van der Waals surface area contributed by atoms with Gasteiger partial charge in [0.05, 0.1) is 7.11 Å². The first-order valence-corrected chi connectivity index (χ1v) is 9.40. The van der Waals surface area contributed by atoms with Gasteiger partial charge in [0.15, 0.2) is 6.61 Å². The number of carbonyl (C=O) groups is 2. The Kier molecular flexibility index (Phi) is 7.35. The second-order valence-electron chi connectivity index (χ2n) is 7.81. The van der Waals surface area contributed by atoms with Gasteiger partial charge in [-0.3, -0.25) is 4.79 Å². The number of carbonyl (C=O) groups excluding carboxylic acids is 2. The molecule has 140 valence electrons. The largest absolute Gasteiger partial charge is 0.496 e. The van der Waals surface area contributed by atoms with Crippen LogP contribution in [0.1, 0.15) is 51.4 Å². The molecule has 0 spiro atoms. The molecule has 25 heavy (non-hydrogen) atoms. The molecule has 0 saturated carbocycles. The van der Waals surface area contributed by atoms with E-state index < -0.39 is 5.97 Å². The van der Waals surface area contributed by atoms with Gasteiger partial charge in [-0.05, 0) is 50.1 Å². The molecule has 1 aromatic rings. The molecule has 5 nitrogen and oxygen atoms in total. The van der Waals surface area contributed by atoms with E-state index in [1.54, 1.807) is 23.9 Å². The topological polar surface area (TPSA) is 64.6 Å². The van der Waals surface area contributed by atoms with E-state index in [0.717, 1.165) is 11.3 Å². The Morgan fingerprint density at radius 2 is 1.80 bits per heavy atom. The Hall–Kier alpha value is -1.69. The lowest BCUT2D eigenvalue weighted by Crippen LogP contribution is -2.47. The standard InChI is InChI=1S/C19H29NO4S/c1-18(2,3)12-19(4,5)20-16(21)11-24-17(22)14-9-8-13(25-7)10-15(14)23-6/h8-10H,11-12H2,1-7H3,(H,20,21). The maximum atomic E-state index is 12.2. The fourth-order valence-electron chi connectivity index (χ4n) is 2.96. The SMILES string of the molecule is COc1cc(SC)ccc1C(=O)OCC(=O)NC(C)(C)CC(C)(C)C. The number of methoxy groups -OCH3 is 1. The van der Waals surface area contributed by atoms with Gasteiger partial charge in [-0.1, -0.05) is 20.8 Å². The summed E-state index contributed by atoms with van der Waals surface area (Å²) in [7, 11) is 1.50. The zero-order valence-electron chi connectivity index (χ0n) is 16.2. The van der Waals surface area contributed by atoms with Crippen molar-refractivity contribution in [3.05, 3.63) is 23.8 Å². The predicted octanol–water partition coefficient (Wildman–Crippen LogP) is 3.90. The van der Waals surface area contributed by atoms with Gasteiger partial charge in [0, 0.05) is 10.4 Å². The molecule has 1 rings (SSSR count). The molecule has 0 aliphatic heterocycles. The maximum Gasteiger partial charge on any atom is 0.342 e. The highest BCUT2D eigenvalue weighted by molar-refractivity contribution is 7.98. The van der Waals surface area contributed by atoms with Gasteiger partial charge in [0.2, 0.25) is 0 Å². The lowest BCUT2D eigenvalue weighted by Gasteiger charge is -2.33. The van der Waals surface area contributed by atoms with Crippen LogP contribution in [0.2, 0.25) is 0 Å². The molecule has 1 aromatic carbocycles. The van der Waals surface area contributed by atoms with Crippen LogP contribution in [-0.2, 0) is 9.53 Å². The van der Waals surface area contributed by atoms with Gasteiger partial charge < -0.3 is 14.8 Å². The summed E-state index contributed by atoms with van der Waals surface area (Å²) in [5, 5.41) is 2.92. The van der Waals surface area contributed by atoms with Gasteiger partial charge in [0.1, 0.15) is 11.3 Å². The first-order chi connectivity index (χ1) is 11.5. The van der Waals surface area contributed by atoms with Crippen LogP contribution in [0.4, 0.5) is 0 Å². The lowest BCUT2D eigenvalue weighted by molar-refractivity contribution is -0.126. The van der Waals surface area contributed by atoms with Crippen molar-refractivity contribution >= 4 is 23.6 Å². The molecule has 0 unspecified atom stereocenters. The number of esters is 1. The van der Waals surface area contributed by atoms with Crippen molar-refractivity contribution in [1.29, 1.82) is 0 Å². The molecule has 1 amide bonds. The van der Waals surface area contributed by atoms with Crippen LogP contribution in [0.3, 0.4) is 0 Å². The van der Waals surface area contributed by atoms with E-state index in [-0.39, 0.29) is 23.5 Å². The second-order valence-corrected chi connectivity index (χ2v) is 8.69. The van der Waals surface area contributed by atoms with Crippen LogP contribution < -0.4 is 10.1 Å². The summed E-state index contributed by atoms with van der Waals surface area (Å²) in [5.41, 5.74) is 0.0151. The highest BCUT2D eigenvalue weighted by Gasteiger charge is 2.27. The summed E-state index contributed by atoms with van der Waals surface area (Å²) in [6, 6.07) is 5.23. The van der Waals surface area contributed by atoms with Crippen LogP contribution in [0.5, 0.6) is 5.75 Å². The van der Waals surface area contributed by atoms with E-state index in [2.05, 4.69) is 26.1 Å². The van der Waals surface area contributed by atoms with Gasteiger partial charge in [0.25, 0.3) is 5.91 Å². The van der Waals surface area contributed by atoms with Crippen molar-refractivity contribution in [3.63, 3.8) is 0 Å². The zero-order chi connectivity index (χ0) is 19.3. The lowest BCUT2D eigenvalue weighted by atomic mass is 9.82. The van der Waals surface area contributed by atoms with E-state index in [1.165, 1.54) is 7.11 Å². The van der Waals surface area contributed by atoms with E-state index >= 15 is 0 Å². The monoisotopic (exact) mass is 367 g/mol. The van der Waals surface area contributed by atoms with Crippen LogP contribution in [0.25, 0.3) is 0 Å². The second kappa shape index (κ2) is 8.61. The molecular weight excluding hydrogens is 338 g/mol. The summed E-state index contributed by atoms with van der Waals surface area (Å²) in [4.78, 5) is 25.3. The highest BCUT2D eigenvalue weighted by atomic mass is 32.2. The number of nitrogens with one attached hydrogen (secondary N) is 1. The van der Waals surface area contributed by atoms with Crippen LogP contribution >= 0.6 is 11.8 Å². The molecule has 0 heterocycles. The molecular formula is C19H29NO4S. The van der Waals surface area contributed by atoms with E-state index in [0.29, 0.717) is 11.3 Å². The summed E-state index contributed by atoms with van der Waals surface area (Å²) in [5.74, 6) is -0.457. The smallest absolute Gasteiger partial charge is 0.342 e. The van der Waals surface area contributed by atoms with Crippen LogP contribution in [0, 0.1) is 5.41 Å². The Bertz CT molecular complexity index is 620. The molecule has 0 aliphatic carbocycles. The van der Waals surface area contributed by atoms with Crippen LogP contribution in [0.15, 0.2) is 23.1 Å². The molecule has 0 radical (unpaired) electrons. The molecule has 0 atom stereocenters. The Balaban J connectivity index is 2.66. The van der Waals surface area contributed by atoms with Gasteiger partial charge in [-0.2, -0.15) is 0 Å². The molecule has 6 heteroatoms. The minimum Gasteiger partial charge on any atom is -0.496 e. The molecule has 0 saturated heterocycles. The quantitative estimate of drug-likeness (QED) is 0.585. The fraction of sp³-hybridized carbons (Fsp3) is 0.579. The average Bonchev–Trinajstić information content (AvgIpc) is 2.48. The van der Waals surface area contributed by atoms with Crippen molar-refractivity contribution in [2.75, 3.05) is 20.0 Å².